The first-order valence-electron chi connectivity index (χ1n) is 7.42. The number of carbonyl (C=O) groups is 1. The second-order valence-corrected chi connectivity index (χ2v) is 7.35. The van der Waals surface area contributed by atoms with Crippen LogP contribution < -0.4 is 10.2 Å². The number of nitrogens with zero attached hydrogens (tertiary/aromatic N) is 1. The Kier molecular flexibility index (Phi) is 6.37. The molecule has 0 saturated heterocycles. The van der Waals surface area contributed by atoms with E-state index in [2.05, 4.69) is 11.4 Å². The van der Waals surface area contributed by atoms with Crippen LogP contribution in [0.2, 0.25) is 5.02 Å². The number of rotatable bonds is 6. The Morgan fingerprint density at radius 2 is 1.91 bits per heavy atom. The number of amides is 1. The van der Waals surface area contributed by atoms with Gasteiger partial charge < -0.3 is 10.2 Å². The molecule has 122 valence electrons. The van der Waals surface area contributed by atoms with Crippen LogP contribution >= 0.6 is 23.4 Å². The van der Waals surface area contributed by atoms with Gasteiger partial charge in [0.1, 0.15) is 0 Å². The summed E-state index contributed by atoms with van der Waals surface area (Å²) in [6, 6.07) is 15.7. The van der Waals surface area contributed by atoms with Crippen molar-refractivity contribution in [1.29, 1.82) is 0 Å². The first kappa shape index (κ1) is 17.7. The van der Waals surface area contributed by atoms with Crippen LogP contribution in [0.4, 0.5) is 5.69 Å². The summed E-state index contributed by atoms with van der Waals surface area (Å²) >= 11 is 7.40. The van der Waals surface area contributed by atoms with E-state index >= 15 is 0 Å². The standard InChI is InChI=1S/C18H21ClN2OS/c1-13(23-17-9-7-15(19)8-10-17)18(22)20-12-14-5-4-6-16(11-14)21(2)3/h4-11,13H,12H2,1-3H3,(H,20,22). The lowest BCUT2D eigenvalue weighted by atomic mass is 10.2. The minimum absolute atomic E-state index is 0.0280. The van der Waals surface area contributed by atoms with Gasteiger partial charge in [0.25, 0.3) is 0 Å². The summed E-state index contributed by atoms with van der Waals surface area (Å²) < 4.78 is 0. The molecule has 2 aromatic carbocycles. The van der Waals surface area contributed by atoms with Crippen LogP contribution in [0.3, 0.4) is 0 Å². The van der Waals surface area contributed by atoms with Gasteiger partial charge in [0.05, 0.1) is 5.25 Å². The van der Waals surface area contributed by atoms with Crippen LogP contribution in [0.25, 0.3) is 0 Å². The van der Waals surface area contributed by atoms with E-state index in [1.165, 1.54) is 11.8 Å². The number of anilines is 1. The van der Waals surface area contributed by atoms with Crippen molar-refractivity contribution in [2.24, 2.45) is 0 Å². The molecule has 1 atom stereocenters. The van der Waals surface area contributed by atoms with Crippen LogP contribution in [0.5, 0.6) is 0 Å². The van der Waals surface area contributed by atoms with E-state index in [9.17, 15) is 4.79 Å². The number of thioether (sulfide) groups is 1. The SMILES string of the molecule is CC(Sc1ccc(Cl)cc1)C(=O)NCc1cccc(N(C)C)c1. The van der Waals surface area contributed by atoms with E-state index in [1.807, 2.05) is 68.4 Å². The fraction of sp³-hybridized carbons (Fsp3) is 0.278. The van der Waals surface area contributed by atoms with Crippen LogP contribution in [0, 0.1) is 0 Å². The molecular formula is C18H21ClN2OS. The summed E-state index contributed by atoms with van der Waals surface area (Å²) in [5.41, 5.74) is 2.22. The summed E-state index contributed by atoms with van der Waals surface area (Å²) in [5, 5.41) is 3.53. The highest BCUT2D eigenvalue weighted by molar-refractivity contribution is 8.00. The van der Waals surface area contributed by atoms with Gasteiger partial charge in [-0.2, -0.15) is 0 Å². The van der Waals surface area contributed by atoms with Crippen LogP contribution in [-0.4, -0.2) is 25.3 Å². The maximum absolute atomic E-state index is 12.2. The van der Waals surface area contributed by atoms with Gasteiger partial charge in [0.15, 0.2) is 0 Å². The van der Waals surface area contributed by atoms with Crippen molar-refractivity contribution in [1.82, 2.24) is 5.32 Å². The van der Waals surface area contributed by atoms with E-state index in [1.54, 1.807) is 0 Å². The Balaban J connectivity index is 1.88. The lowest BCUT2D eigenvalue weighted by Crippen LogP contribution is -2.30. The van der Waals surface area contributed by atoms with Gasteiger partial charge in [-0.05, 0) is 48.9 Å². The number of hydrogen-bond donors (Lipinski definition) is 1. The Hall–Kier alpha value is -1.65. The average molecular weight is 349 g/mol. The van der Waals surface area contributed by atoms with Crippen molar-refractivity contribution >= 4 is 35.0 Å². The molecule has 0 radical (unpaired) electrons. The number of nitrogens with one attached hydrogen (secondary N) is 1. The predicted molar refractivity (Wildman–Crippen MR) is 99.4 cm³/mol. The van der Waals surface area contributed by atoms with Crippen LogP contribution in [0.15, 0.2) is 53.4 Å². The summed E-state index contributed by atoms with van der Waals surface area (Å²) in [7, 11) is 4.01. The largest absolute Gasteiger partial charge is 0.378 e. The third-order valence-electron chi connectivity index (χ3n) is 3.39. The molecule has 2 aromatic rings. The Morgan fingerprint density at radius 1 is 1.22 bits per heavy atom. The minimum atomic E-state index is -0.159. The highest BCUT2D eigenvalue weighted by Gasteiger charge is 2.14. The summed E-state index contributed by atoms with van der Waals surface area (Å²) in [6.45, 7) is 2.44. The molecule has 0 aliphatic carbocycles. The minimum Gasteiger partial charge on any atom is -0.378 e. The van der Waals surface area contributed by atoms with Crippen molar-refractivity contribution in [3.05, 3.63) is 59.1 Å². The first-order chi connectivity index (χ1) is 11.0. The molecule has 2 rings (SSSR count). The number of carbonyl (C=O) groups excluding carboxylic acids is 1. The summed E-state index contributed by atoms with van der Waals surface area (Å²) in [6.07, 6.45) is 0. The zero-order chi connectivity index (χ0) is 16.8. The van der Waals surface area contributed by atoms with Gasteiger partial charge in [0, 0.05) is 36.2 Å². The van der Waals surface area contributed by atoms with Crippen molar-refractivity contribution in [2.75, 3.05) is 19.0 Å². The number of halogens is 1. The average Bonchev–Trinajstić information content (AvgIpc) is 2.55. The zero-order valence-corrected chi connectivity index (χ0v) is 15.1. The highest BCUT2D eigenvalue weighted by Crippen LogP contribution is 2.24. The first-order valence-corrected chi connectivity index (χ1v) is 8.67. The monoisotopic (exact) mass is 348 g/mol. The Bertz CT molecular complexity index is 658. The van der Waals surface area contributed by atoms with E-state index in [0.29, 0.717) is 11.6 Å². The quantitative estimate of drug-likeness (QED) is 0.794. The summed E-state index contributed by atoms with van der Waals surface area (Å²) in [5.74, 6) is 0.0280. The van der Waals surface area contributed by atoms with Gasteiger partial charge in [0.2, 0.25) is 5.91 Å². The third kappa shape index (κ3) is 5.48. The fourth-order valence-electron chi connectivity index (χ4n) is 2.05. The van der Waals surface area contributed by atoms with Gasteiger partial charge in [-0.25, -0.2) is 0 Å². The normalized spacial score (nSPS) is 11.8. The lowest BCUT2D eigenvalue weighted by molar-refractivity contribution is -0.120. The number of hydrogen-bond acceptors (Lipinski definition) is 3. The molecule has 0 spiro atoms. The van der Waals surface area contributed by atoms with E-state index in [4.69, 9.17) is 11.6 Å². The smallest absolute Gasteiger partial charge is 0.233 e. The molecule has 0 fully saturated rings. The van der Waals surface area contributed by atoms with Crippen LogP contribution in [0.1, 0.15) is 12.5 Å². The van der Waals surface area contributed by atoms with E-state index in [-0.39, 0.29) is 11.2 Å². The van der Waals surface area contributed by atoms with Crippen molar-refractivity contribution in [3.8, 4) is 0 Å². The molecule has 0 bridgehead atoms. The van der Waals surface area contributed by atoms with Crippen molar-refractivity contribution < 1.29 is 4.79 Å². The van der Waals surface area contributed by atoms with Crippen molar-refractivity contribution in [2.45, 2.75) is 23.6 Å². The maximum Gasteiger partial charge on any atom is 0.233 e. The Morgan fingerprint density at radius 3 is 2.57 bits per heavy atom. The second kappa shape index (κ2) is 8.27. The van der Waals surface area contributed by atoms with Crippen molar-refractivity contribution in [3.63, 3.8) is 0 Å². The molecule has 0 aromatic heterocycles. The van der Waals surface area contributed by atoms with Gasteiger partial charge >= 0.3 is 0 Å². The highest BCUT2D eigenvalue weighted by atomic mass is 35.5. The van der Waals surface area contributed by atoms with Gasteiger partial charge in [-0.3, -0.25) is 4.79 Å². The predicted octanol–water partition coefficient (Wildman–Crippen LogP) is 4.20. The van der Waals surface area contributed by atoms with Crippen LogP contribution in [-0.2, 0) is 11.3 Å². The maximum atomic E-state index is 12.2. The molecular weight excluding hydrogens is 328 g/mol. The fourth-order valence-corrected chi connectivity index (χ4v) is 3.07. The molecule has 0 aliphatic rings. The molecule has 5 heteroatoms. The summed E-state index contributed by atoms with van der Waals surface area (Å²) in [4.78, 5) is 15.3. The molecule has 1 amide bonds. The molecule has 3 nitrogen and oxygen atoms in total. The zero-order valence-electron chi connectivity index (χ0n) is 13.5. The molecule has 0 saturated carbocycles. The molecule has 0 aliphatic heterocycles. The van der Waals surface area contributed by atoms with Gasteiger partial charge in [-0.15, -0.1) is 11.8 Å². The van der Waals surface area contributed by atoms with E-state index < -0.39 is 0 Å². The number of benzene rings is 2. The van der Waals surface area contributed by atoms with Gasteiger partial charge in [-0.1, -0.05) is 23.7 Å². The van der Waals surface area contributed by atoms with E-state index in [0.717, 1.165) is 16.1 Å². The molecule has 1 N–H and O–H groups in total. The lowest BCUT2D eigenvalue weighted by Gasteiger charge is -2.15. The molecule has 0 heterocycles. The molecule has 1 unspecified atom stereocenters. The second-order valence-electron chi connectivity index (χ2n) is 5.50. The Labute approximate surface area is 147 Å². The third-order valence-corrected chi connectivity index (χ3v) is 4.75. The topological polar surface area (TPSA) is 32.3 Å². The molecule has 23 heavy (non-hydrogen) atoms.